The highest BCUT2D eigenvalue weighted by Gasteiger charge is 2.38. The third-order valence-electron chi connectivity index (χ3n) is 5.30. The first-order chi connectivity index (χ1) is 13.5. The normalized spacial score (nSPS) is 21.0. The highest BCUT2D eigenvalue weighted by atomic mass is 79.9. The molecule has 1 N–H and O–H groups in total. The molecule has 0 aliphatic carbocycles. The molecule has 2 aromatic carbocycles. The smallest absolute Gasteiger partial charge is 0.341 e. The number of methoxy groups -OCH3 is 1. The van der Waals surface area contributed by atoms with E-state index in [-0.39, 0.29) is 23.9 Å². The van der Waals surface area contributed by atoms with Gasteiger partial charge in [0.15, 0.2) is 0 Å². The van der Waals surface area contributed by atoms with Crippen molar-refractivity contribution in [3.8, 4) is 5.75 Å². The Morgan fingerprint density at radius 1 is 1.29 bits per heavy atom. The number of nitrogens with one attached hydrogen (secondary N) is 1. The van der Waals surface area contributed by atoms with Gasteiger partial charge in [-0.3, -0.25) is 4.79 Å². The Labute approximate surface area is 171 Å². The van der Waals surface area contributed by atoms with Crippen molar-refractivity contribution in [2.75, 3.05) is 18.6 Å². The zero-order chi connectivity index (χ0) is 19.8. The minimum absolute atomic E-state index is 0.0188. The molecular weight excluding hydrogens is 422 g/mol. The van der Waals surface area contributed by atoms with Crippen LogP contribution in [0.1, 0.15) is 30.5 Å². The predicted octanol–water partition coefficient (Wildman–Crippen LogP) is 4.08. The molecule has 2 aromatic rings. The molecule has 2 heterocycles. The van der Waals surface area contributed by atoms with Crippen molar-refractivity contribution in [1.29, 1.82) is 0 Å². The summed E-state index contributed by atoms with van der Waals surface area (Å²) in [5.41, 5.74) is 3.35. The third-order valence-corrected chi connectivity index (χ3v) is 5.92. The van der Waals surface area contributed by atoms with Crippen molar-refractivity contribution in [2.24, 2.45) is 10.9 Å². The largest absolute Gasteiger partial charge is 0.496 e. The molecule has 2 aliphatic rings. The Balaban J connectivity index is 1.82. The van der Waals surface area contributed by atoms with Gasteiger partial charge in [-0.15, -0.1) is 0 Å². The van der Waals surface area contributed by atoms with Crippen LogP contribution in [0.15, 0.2) is 51.9 Å². The van der Waals surface area contributed by atoms with E-state index in [1.165, 1.54) is 0 Å². The number of nitrogens with zero attached hydrogens (tertiary/aromatic N) is 2. The number of fused-ring (bicyclic) bond motifs is 3. The molecule has 0 saturated carbocycles. The molecule has 0 aromatic heterocycles. The third kappa shape index (κ3) is 3.20. The van der Waals surface area contributed by atoms with Crippen LogP contribution < -0.4 is 15.0 Å². The van der Waals surface area contributed by atoms with Crippen LogP contribution in [-0.4, -0.2) is 31.3 Å². The van der Waals surface area contributed by atoms with E-state index in [4.69, 9.17) is 4.74 Å². The molecule has 0 bridgehead atoms. The van der Waals surface area contributed by atoms with Gasteiger partial charge in [0.25, 0.3) is 0 Å². The van der Waals surface area contributed by atoms with Crippen molar-refractivity contribution in [2.45, 2.75) is 19.4 Å². The number of para-hydroxylation sites is 1. The Morgan fingerprint density at radius 2 is 2.07 bits per heavy atom. The van der Waals surface area contributed by atoms with Gasteiger partial charge < -0.3 is 15.0 Å². The maximum Gasteiger partial charge on any atom is 0.341 e. The predicted molar refractivity (Wildman–Crippen MR) is 111 cm³/mol. The van der Waals surface area contributed by atoms with Gasteiger partial charge >= 0.3 is 6.03 Å². The first-order valence-electron chi connectivity index (χ1n) is 9.09. The molecule has 2 atom stereocenters. The summed E-state index contributed by atoms with van der Waals surface area (Å²) >= 11 is 3.53. The van der Waals surface area contributed by atoms with Crippen LogP contribution in [0.5, 0.6) is 5.75 Å². The summed E-state index contributed by atoms with van der Waals surface area (Å²) in [7, 11) is 1.62. The molecule has 3 amide bonds. The SMILES string of the molecule is COc1ccc(C2NC(=O)N=C3c4ccccc4N(C(C)=O)CCC32)cc1Br. The summed E-state index contributed by atoms with van der Waals surface area (Å²) in [5.74, 6) is 0.673. The van der Waals surface area contributed by atoms with Gasteiger partial charge in [0.05, 0.1) is 29.0 Å². The summed E-state index contributed by atoms with van der Waals surface area (Å²) in [5, 5.41) is 3.01. The maximum absolute atomic E-state index is 12.4. The topological polar surface area (TPSA) is 71.0 Å². The Morgan fingerprint density at radius 3 is 2.79 bits per heavy atom. The summed E-state index contributed by atoms with van der Waals surface area (Å²) in [6, 6.07) is 12.8. The monoisotopic (exact) mass is 441 g/mol. The molecule has 28 heavy (non-hydrogen) atoms. The van der Waals surface area contributed by atoms with Crippen molar-refractivity contribution >= 4 is 39.3 Å². The van der Waals surface area contributed by atoms with E-state index in [2.05, 4.69) is 26.2 Å². The van der Waals surface area contributed by atoms with E-state index in [1.807, 2.05) is 42.5 Å². The number of halogens is 1. The Kier molecular flexibility index (Phi) is 4.93. The standard InChI is InChI=1S/C21H20BrN3O3/c1-12(26)25-10-9-15-19(13-7-8-18(28-2)16(22)11-13)23-21(27)24-20(15)14-5-3-4-6-17(14)25/h3-8,11,15,19H,9-10H2,1-2H3,(H,23,27). The summed E-state index contributed by atoms with van der Waals surface area (Å²) in [6.45, 7) is 2.13. The summed E-state index contributed by atoms with van der Waals surface area (Å²) < 4.78 is 6.14. The summed E-state index contributed by atoms with van der Waals surface area (Å²) in [4.78, 5) is 30.8. The Hall–Kier alpha value is -2.67. The second-order valence-corrected chi connectivity index (χ2v) is 7.76. The fourth-order valence-electron chi connectivity index (χ4n) is 4.01. The lowest BCUT2D eigenvalue weighted by Crippen LogP contribution is -2.41. The average molecular weight is 442 g/mol. The van der Waals surface area contributed by atoms with Crippen molar-refractivity contribution in [3.05, 3.63) is 58.1 Å². The van der Waals surface area contributed by atoms with Crippen LogP contribution in [-0.2, 0) is 4.79 Å². The van der Waals surface area contributed by atoms with Crippen molar-refractivity contribution in [1.82, 2.24) is 5.32 Å². The quantitative estimate of drug-likeness (QED) is 0.762. The molecule has 7 heteroatoms. The zero-order valence-corrected chi connectivity index (χ0v) is 17.2. The highest BCUT2D eigenvalue weighted by Crippen LogP contribution is 2.39. The van der Waals surface area contributed by atoms with Gasteiger partial charge in [0, 0.05) is 24.9 Å². The lowest BCUT2D eigenvalue weighted by atomic mass is 9.83. The van der Waals surface area contributed by atoms with Gasteiger partial charge in [-0.1, -0.05) is 24.3 Å². The fourth-order valence-corrected chi connectivity index (χ4v) is 4.57. The van der Waals surface area contributed by atoms with E-state index in [9.17, 15) is 9.59 Å². The van der Waals surface area contributed by atoms with Gasteiger partial charge in [0.2, 0.25) is 5.91 Å². The number of urea groups is 1. The molecule has 144 valence electrons. The van der Waals surface area contributed by atoms with Gasteiger partial charge in [-0.05, 0) is 46.1 Å². The lowest BCUT2D eigenvalue weighted by molar-refractivity contribution is -0.116. The molecule has 2 aliphatic heterocycles. The number of carbonyl (C=O) groups is 2. The number of hydrogen-bond donors (Lipinski definition) is 1. The molecule has 0 spiro atoms. The minimum atomic E-state index is -0.366. The Bertz CT molecular complexity index is 989. The zero-order valence-electron chi connectivity index (χ0n) is 15.6. The molecule has 0 saturated heterocycles. The molecule has 4 rings (SSSR count). The fraction of sp³-hybridized carbons (Fsp3) is 0.286. The number of ether oxygens (including phenoxy) is 1. The molecule has 2 unspecified atom stereocenters. The molecule has 6 nitrogen and oxygen atoms in total. The second kappa shape index (κ2) is 7.39. The average Bonchev–Trinajstić information content (AvgIpc) is 2.84. The van der Waals surface area contributed by atoms with Crippen LogP contribution in [0, 0.1) is 5.92 Å². The van der Waals surface area contributed by atoms with Gasteiger partial charge in [-0.2, -0.15) is 4.99 Å². The minimum Gasteiger partial charge on any atom is -0.496 e. The van der Waals surface area contributed by atoms with Crippen LogP contribution in [0.2, 0.25) is 0 Å². The van der Waals surface area contributed by atoms with E-state index < -0.39 is 0 Å². The van der Waals surface area contributed by atoms with Crippen molar-refractivity contribution < 1.29 is 14.3 Å². The highest BCUT2D eigenvalue weighted by molar-refractivity contribution is 9.10. The molecule has 0 fully saturated rings. The number of benzene rings is 2. The first-order valence-corrected chi connectivity index (χ1v) is 9.89. The number of rotatable bonds is 2. The van der Waals surface area contributed by atoms with E-state index in [1.54, 1.807) is 18.9 Å². The number of aliphatic imine (C=N–C) groups is 1. The number of anilines is 1. The van der Waals surface area contributed by atoms with Crippen LogP contribution in [0.4, 0.5) is 10.5 Å². The lowest BCUT2D eigenvalue weighted by Gasteiger charge is -2.32. The van der Waals surface area contributed by atoms with Crippen LogP contribution in [0.25, 0.3) is 0 Å². The van der Waals surface area contributed by atoms with E-state index in [0.29, 0.717) is 13.0 Å². The first kappa shape index (κ1) is 18.7. The summed E-state index contributed by atoms with van der Waals surface area (Å²) in [6.07, 6.45) is 0.696. The molecule has 0 radical (unpaired) electrons. The van der Waals surface area contributed by atoms with Crippen molar-refractivity contribution in [3.63, 3.8) is 0 Å². The van der Waals surface area contributed by atoms with Crippen LogP contribution in [0.3, 0.4) is 0 Å². The molecular formula is C21H20BrN3O3. The maximum atomic E-state index is 12.4. The van der Waals surface area contributed by atoms with Crippen LogP contribution >= 0.6 is 15.9 Å². The number of amides is 3. The van der Waals surface area contributed by atoms with Gasteiger partial charge in [0.1, 0.15) is 5.75 Å². The van der Waals surface area contributed by atoms with E-state index >= 15 is 0 Å². The van der Waals surface area contributed by atoms with E-state index in [0.717, 1.165) is 32.7 Å². The second-order valence-electron chi connectivity index (χ2n) is 6.90. The number of carbonyl (C=O) groups excluding carboxylic acids is 2. The number of hydrogen-bond acceptors (Lipinski definition) is 3. The van der Waals surface area contributed by atoms with Gasteiger partial charge in [-0.25, -0.2) is 4.79 Å².